The molecule has 2 aliphatic rings. The fourth-order valence-corrected chi connectivity index (χ4v) is 2.63. The zero-order chi connectivity index (χ0) is 15.5. The largest absolute Gasteiger partial charge is 0.344 e. The molecule has 0 aromatic heterocycles. The van der Waals surface area contributed by atoms with E-state index in [4.69, 9.17) is 0 Å². The number of rotatable bonds is 4. The summed E-state index contributed by atoms with van der Waals surface area (Å²) in [6, 6.07) is 17.2. The molecular weight excluding hydrogens is 284 g/mol. The predicted octanol–water partition coefficient (Wildman–Crippen LogP) is 3.71. The van der Waals surface area contributed by atoms with E-state index in [1.54, 1.807) is 0 Å². The van der Waals surface area contributed by atoms with E-state index in [1.807, 2.05) is 0 Å². The summed E-state index contributed by atoms with van der Waals surface area (Å²) in [5.41, 5.74) is 4.87. The second-order valence-electron chi connectivity index (χ2n) is 5.98. The third kappa shape index (κ3) is 3.42. The Morgan fingerprint density at radius 3 is 1.35 bits per heavy atom. The van der Waals surface area contributed by atoms with Crippen molar-refractivity contribution in [2.24, 2.45) is 9.98 Å². The van der Waals surface area contributed by atoms with Crippen LogP contribution in [0.15, 0.2) is 58.5 Å². The number of nitrogens with one attached hydrogen (secondary N) is 2. The molecule has 23 heavy (non-hydrogen) atoms. The van der Waals surface area contributed by atoms with Gasteiger partial charge in [-0.3, -0.25) is 9.98 Å². The van der Waals surface area contributed by atoms with Crippen LogP contribution in [0.2, 0.25) is 0 Å². The van der Waals surface area contributed by atoms with Gasteiger partial charge in [-0.15, -0.1) is 0 Å². The molecule has 0 radical (unpaired) electrons. The first kappa shape index (κ1) is 14.0. The van der Waals surface area contributed by atoms with Crippen LogP contribution in [0.5, 0.6) is 0 Å². The fraction of sp³-hybridized carbons (Fsp3) is 0.263. The maximum Gasteiger partial charge on any atom is 0.103 e. The average molecular weight is 304 g/mol. The molecule has 4 nitrogen and oxygen atoms in total. The lowest BCUT2D eigenvalue weighted by Gasteiger charge is -2.16. The minimum absolute atomic E-state index is 0.947. The molecule has 0 atom stereocenters. The molecule has 0 spiro atoms. The van der Waals surface area contributed by atoms with E-state index in [9.17, 15) is 0 Å². The summed E-state index contributed by atoms with van der Waals surface area (Å²) in [7, 11) is 0. The normalized spacial score (nSPS) is 15.8. The third-order valence-corrected chi connectivity index (χ3v) is 4.20. The maximum atomic E-state index is 4.28. The first-order valence-corrected chi connectivity index (χ1v) is 8.14. The molecule has 0 aliphatic carbocycles. The van der Waals surface area contributed by atoms with Crippen molar-refractivity contribution in [2.75, 3.05) is 23.7 Å². The molecule has 2 aromatic carbocycles. The summed E-state index contributed by atoms with van der Waals surface area (Å²) in [6.45, 7) is 1.91. The summed E-state index contributed by atoms with van der Waals surface area (Å²) >= 11 is 0. The van der Waals surface area contributed by atoms with Gasteiger partial charge in [0.1, 0.15) is 11.7 Å². The number of amidine groups is 2. The van der Waals surface area contributed by atoms with E-state index in [-0.39, 0.29) is 0 Å². The Morgan fingerprint density at radius 2 is 1.04 bits per heavy atom. The van der Waals surface area contributed by atoms with Crippen LogP contribution in [0.1, 0.15) is 24.0 Å². The first-order valence-electron chi connectivity index (χ1n) is 8.14. The van der Waals surface area contributed by atoms with Gasteiger partial charge in [-0.05, 0) is 41.8 Å². The van der Waals surface area contributed by atoms with Gasteiger partial charge >= 0.3 is 0 Å². The summed E-state index contributed by atoms with van der Waals surface area (Å²) in [5.74, 6) is 2.19. The molecule has 0 saturated heterocycles. The molecule has 4 rings (SSSR count). The lowest BCUT2D eigenvalue weighted by atomic mass is 10.0. The molecule has 4 heteroatoms. The van der Waals surface area contributed by atoms with Crippen molar-refractivity contribution in [1.82, 2.24) is 0 Å². The van der Waals surface area contributed by atoms with Crippen LogP contribution in [0.3, 0.4) is 0 Å². The van der Waals surface area contributed by atoms with Crippen molar-refractivity contribution in [3.05, 3.63) is 59.7 Å². The number of benzene rings is 2. The van der Waals surface area contributed by atoms with E-state index < -0.39 is 0 Å². The monoisotopic (exact) mass is 304 g/mol. The second kappa shape index (κ2) is 6.24. The van der Waals surface area contributed by atoms with Crippen LogP contribution >= 0.6 is 0 Å². The van der Waals surface area contributed by atoms with Gasteiger partial charge in [0.05, 0.1) is 0 Å². The number of aliphatic imine (C=N–C) groups is 2. The molecule has 0 saturated carbocycles. The lowest BCUT2D eigenvalue weighted by molar-refractivity contribution is 0.941. The molecule has 2 heterocycles. The molecule has 2 aliphatic heterocycles. The van der Waals surface area contributed by atoms with Crippen LogP contribution in [-0.4, -0.2) is 24.8 Å². The van der Waals surface area contributed by atoms with Crippen molar-refractivity contribution in [2.45, 2.75) is 19.3 Å². The van der Waals surface area contributed by atoms with Gasteiger partial charge in [-0.1, -0.05) is 24.3 Å². The fourth-order valence-electron chi connectivity index (χ4n) is 2.63. The SMILES string of the molecule is c1cc(NC2=NCC2)ccc1Cc1ccc(NC2=NCC2)cc1. The first-order chi connectivity index (χ1) is 11.3. The topological polar surface area (TPSA) is 48.8 Å². The molecular formula is C19H20N4. The highest BCUT2D eigenvalue weighted by molar-refractivity contribution is 5.98. The molecule has 2 aromatic rings. The third-order valence-electron chi connectivity index (χ3n) is 4.20. The zero-order valence-corrected chi connectivity index (χ0v) is 13.0. The Bertz CT molecular complexity index is 676. The summed E-state index contributed by atoms with van der Waals surface area (Å²) in [4.78, 5) is 8.57. The molecule has 0 fully saturated rings. The highest BCUT2D eigenvalue weighted by atomic mass is 15.0. The summed E-state index contributed by atoms with van der Waals surface area (Å²) in [5, 5.41) is 6.67. The van der Waals surface area contributed by atoms with E-state index in [2.05, 4.69) is 69.1 Å². The van der Waals surface area contributed by atoms with Gasteiger partial charge in [0.25, 0.3) is 0 Å². The summed E-state index contributed by atoms with van der Waals surface area (Å²) in [6.07, 6.45) is 3.07. The van der Waals surface area contributed by atoms with Gasteiger partial charge in [-0.2, -0.15) is 0 Å². The number of hydrogen-bond acceptors (Lipinski definition) is 4. The molecule has 0 amide bonds. The molecule has 116 valence electrons. The van der Waals surface area contributed by atoms with Crippen molar-refractivity contribution in [1.29, 1.82) is 0 Å². The minimum atomic E-state index is 0.947. The van der Waals surface area contributed by atoms with Crippen LogP contribution in [0.25, 0.3) is 0 Å². The highest BCUT2D eigenvalue weighted by Crippen LogP contribution is 2.17. The van der Waals surface area contributed by atoms with Crippen molar-refractivity contribution in [3.8, 4) is 0 Å². The van der Waals surface area contributed by atoms with Crippen molar-refractivity contribution >= 4 is 23.0 Å². The van der Waals surface area contributed by atoms with E-state index in [0.29, 0.717) is 0 Å². The van der Waals surface area contributed by atoms with E-state index in [1.165, 1.54) is 11.1 Å². The predicted molar refractivity (Wildman–Crippen MR) is 96.8 cm³/mol. The Hall–Kier alpha value is -2.62. The lowest BCUT2D eigenvalue weighted by Crippen LogP contribution is -2.21. The number of hydrogen-bond donors (Lipinski definition) is 2. The van der Waals surface area contributed by atoms with Gasteiger partial charge in [0.15, 0.2) is 0 Å². The van der Waals surface area contributed by atoms with Crippen LogP contribution in [0, 0.1) is 0 Å². The van der Waals surface area contributed by atoms with E-state index in [0.717, 1.165) is 55.4 Å². The Labute approximate surface area is 136 Å². The molecule has 0 bridgehead atoms. The maximum absolute atomic E-state index is 4.28. The average Bonchev–Trinajstić information content (AvgIpc) is 2.50. The molecule has 0 unspecified atom stereocenters. The highest BCUT2D eigenvalue weighted by Gasteiger charge is 2.08. The van der Waals surface area contributed by atoms with Gasteiger partial charge < -0.3 is 10.6 Å². The number of nitrogens with zero attached hydrogens (tertiary/aromatic N) is 2. The van der Waals surface area contributed by atoms with E-state index >= 15 is 0 Å². The van der Waals surface area contributed by atoms with Gasteiger partial charge in [0, 0.05) is 37.3 Å². The smallest absolute Gasteiger partial charge is 0.103 e. The minimum Gasteiger partial charge on any atom is -0.344 e. The zero-order valence-electron chi connectivity index (χ0n) is 13.0. The Kier molecular flexibility index (Phi) is 3.80. The Morgan fingerprint density at radius 1 is 0.652 bits per heavy atom. The van der Waals surface area contributed by atoms with Crippen molar-refractivity contribution < 1.29 is 0 Å². The van der Waals surface area contributed by atoms with Crippen LogP contribution in [-0.2, 0) is 6.42 Å². The van der Waals surface area contributed by atoms with Crippen LogP contribution < -0.4 is 10.6 Å². The summed E-state index contributed by atoms with van der Waals surface area (Å²) < 4.78 is 0. The standard InChI is InChI=1S/C19H20N4/c1-5-16(22-18-9-11-20-18)6-2-14(1)13-15-3-7-17(8-4-15)23-19-10-12-21-19/h1-8H,9-13H2,(H,20,22)(H,21,23). The second-order valence-corrected chi connectivity index (χ2v) is 5.98. The molecule has 2 N–H and O–H groups in total. The van der Waals surface area contributed by atoms with Crippen LogP contribution in [0.4, 0.5) is 11.4 Å². The number of anilines is 2. The van der Waals surface area contributed by atoms with Crippen molar-refractivity contribution in [3.63, 3.8) is 0 Å². The quantitative estimate of drug-likeness (QED) is 0.904. The van der Waals surface area contributed by atoms with Gasteiger partial charge in [0.2, 0.25) is 0 Å². The van der Waals surface area contributed by atoms with Gasteiger partial charge in [-0.25, -0.2) is 0 Å². The Balaban J connectivity index is 1.36.